The summed E-state index contributed by atoms with van der Waals surface area (Å²) in [5, 5.41) is 0. The second kappa shape index (κ2) is 3.72. The van der Waals surface area contributed by atoms with Gasteiger partial charge in [-0.05, 0) is 0 Å². The third-order valence-corrected chi connectivity index (χ3v) is 2.06. The number of hydrogen-bond donors (Lipinski definition) is 0. The summed E-state index contributed by atoms with van der Waals surface area (Å²) in [6.45, 7) is 0. The van der Waals surface area contributed by atoms with Crippen LogP contribution in [0.5, 0.6) is 0 Å². The van der Waals surface area contributed by atoms with E-state index in [9.17, 15) is 18.0 Å². The van der Waals surface area contributed by atoms with Gasteiger partial charge < -0.3 is 8.98 Å². The zero-order valence-corrected chi connectivity index (χ0v) is 8.52. The van der Waals surface area contributed by atoms with Crippen LogP contribution in [-0.4, -0.2) is 20.8 Å². The van der Waals surface area contributed by atoms with Gasteiger partial charge in [-0.3, -0.25) is 4.79 Å². The predicted molar refractivity (Wildman–Crippen MR) is 49.1 cm³/mol. The molecule has 0 unspecified atom stereocenters. The molecule has 0 aromatic carbocycles. The first kappa shape index (κ1) is 11.4. The molecule has 17 heavy (non-hydrogen) atoms. The van der Waals surface area contributed by atoms with E-state index in [2.05, 4.69) is 9.97 Å². The topological polar surface area (TPSA) is 60.9 Å². The van der Waals surface area contributed by atoms with Crippen molar-refractivity contribution in [2.24, 2.45) is 7.05 Å². The van der Waals surface area contributed by atoms with Gasteiger partial charge in [0.15, 0.2) is 17.7 Å². The molecule has 0 aliphatic rings. The zero-order valence-electron chi connectivity index (χ0n) is 8.52. The lowest BCUT2D eigenvalue weighted by Gasteiger charge is -2.00. The van der Waals surface area contributed by atoms with Gasteiger partial charge in [-0.2, -0.15) is 13.2 Å². The molecule has 2 heterocycles. The Morgan fingerprint density at radius 2 is 2.18 bits per heavy atom. The number of oxazole rings is 1. The van der Waals surface area contributed by atoms with Gasteiger partial charge in [0.1, 0.15) is 5.69 Å². The second-order valence-corrected chi connectivity index (χ2v) is 3.24. The van der Waals surface area contributed by atoms with E-state index in [-0.39, 0.29) is 17.9 Å². The zero-order chi connectivity index (χ0) is 12.6. The Hall–Kier alpha value is -2.12. The van der Waals surface area contributed by atoms with Crippen molar-refractivity contribution in [1.29, 1.82) is 0 Å². The number of aryl methyl sites for hydroxylation is 1. The minimum Gasteiger partial charge on any atom is -0.431 e. The van der Waals surface area contributed by atoms with E-state index in [0.29, 0.717) is 0 Å². The minimum absolute atomic E-state index is 0.0182. The van der Waals surface area contributed by atoms with Gasteiger partial charge >= 0.3 is 6.18 Å². The van der Waals surface area contributed by atoms with Crippen LogP contribution in [-0.2, 0) is 13.2 Å². The molecule has 90 valence electrons. The lowest BCUT2D eigenvalue weighted by Crippen LogP contribution is -2.08. The van der Waals surface area contributed by atoms with Crippen molar-refractivity contribution in [3.05, 3.63) is 24.0 Å². The highest BCUT2D eigenvalue weighted by molar-refractivity contribution is 5.73. The molecule has 5 nitrogen and oxygen atoms in total. The normalized spacial score (nSPS) is 11.8. The lowest BCUT2D eigenvalue weighted by molar-refractivity contribution is -0.141. The summed E-state index contributed by atoms with van der Waals surface area (Å²) in [5.74, 6) is -1.13. The van der Waals surface area contributed by atoms with Crippen LogP contribution in [0.15, 0.2) is 16.9 Å². The molecule has 0 saturated heterocycles. The van der Waals surface area contributed by atoms with Crippen LogP contribution >= 0.6 is 0 Å². The summed E-state index contributed by atoms with van der Waals surface area (Å²) < 4.78 is 43.6. The third kappa shape index (κ3) is 1.93. The molecule has 0 N–H and O–H groups in total. The smallest absolute Gasteiger partial charge is 0.431 e. The van der Waals surface area contributed by atoms with E-state index in [1.54, 1.807) is 7.05 Å². The molecule has 0 atom stereocenters. The molecule has 0 bridgehead atoms. The standard InChI is InChI=1S/C9H6F3N3O2/c1-15-4-13-2-5(15)8-14-7(9(10,11)12)6(3-16)17-8/h2-4H,1H3. The summed E-state index contributed by atoms with van der Waals surface area (Å²) >= 11 is 0. The first-order chi connectivity index (χ1) is 7.93. The average molecular weight is 245 g/mol. The van der Waals surface area contributed by atoms with Gasteiger partial charge in [0.25, 0.3) is 0 Å². The van der Waals surface area contributed by atoms with Gasteiger partial charge in [-0.1, -0.05) is 0 Å². The molecule has 0 fully saturated rings. The van der Waals surface area contributed by atoms with Gasteiger partial charge in [0.05, 0.1) is 12.5 Å². The number of hydrogen-bond acceptors (Lipinski definition) is 4. The summed E-state index contributed by atoms with van der Waals surface area (Å²) in [5.41, 5.74) is -1.08. The molecule has 0 aliphatic carbocycles. The third-order valence-electron chi connectivity index (χ3n) is 2.06. The highest BCUT2D eigenvalue weighted by atomic mass is 19.4. The number of aromatic nitrogens is 3. The van der Waals surface area contributed by atoms with Crippen molar-refractivity contribution in [3.8, 4) is 11.6 Å². The van der Waals surface area contributed by atoms with E-state index in [1.165, 1.54) is 17.1 Å². The SMILES string of the molecule is Cn1cncc1-c1nc(C(F)(F)F)c(C=O)o1. The molecule has 0 aliphatic heterocycles. The fourth-order valence-corrected chi connectivity index (χ4v) is 1.29. The molecule has 0 saturated carbocycles. The van der Waals surface area contributed by atoms with Crippen LogP contribution < -0.4 is 0 Å². The van der Waals surface area contributed by atoms with Gasteiger partial charge in [-0.15, -0.1) is 0 Å². The maximum absolute atomic E-state index is 12.5. The van der Waals surface area contributed by atoms with E-state index < -0.39 is 17.6 Å². The Morgan fingerprint density at radius 3 is 2.59 bits per heavy atom. The fraction of sp³-hybridized carbons (Fsp3) is 0.222. The molecule has 0 spiro atoms. The number of rotatable bonds is 2. The first-order valence-electron chi connectivity index (χ1n) is 4.43. The minimum atomic E-state index is -4.73. The first-order valence-corrected chi connectivity index (χ1v) is 4.43. The number of carbonyl (C=O) groups excluding carboxylic acids is 1. The van der Waals surface area contributed by atoms with Gasteiger partial charge in [0.2, 0.25) is 5.89 Å². The monoisotopic (exact) mass is 245 g/mol. The van der Waals surface area contributed by atoms with Crippen LogP contribution in [0.3, 0.4) is 0 Å². The molecular formula is C9H6F3N3O2. The number of nitrogens with zero attached hydrogens (tertiary/aromatic N) is 3. The summed E-state index contributed by atoms with van der Waals surface area (Å²) in [6, 6.07) is 0. The average Bonchev–Trinajstić information content (AvgIpc) is 2.81. The Labute approximate surface area is 92.9 Å². The molecular weight excluding hydrogens is 239 g/mol. The van der Waals surface area contributed by atoms with Crippen molar-refractivity contribution in [1.82, 2.24) is 14.5 Å². The summed E-state index contributed by atoms with van der Waals surface area (Å²) in [4.78, 5) is 17.5. The number of imidazole rings is 1. The van der Waals surface area contributed by atoms with Crippen LogP contribution in [0, 0.1) is 0 Å². The second-order valence-electron chi connectivity index (χ2n) is 3.24. The van der Waals surface area contributed by atoms with E-state index in [0.717, 1.165) is 0 Å². The number of halogens is 3. The maximum atomic E-state index is 12.5. The fourth-order valence-electron chi connectivity index (χ4n) is 1.29. The lowest BCUT2D eigenvalue weighted by atomic mass is 10.3. The number of aldehydes is 1. The summed E-state index contributed by atoms with van der Waals surface area (Å²) in [7, 11) is 1.57. The number of carbonyl (C=O) groups is 1. The Kier molecular flexibility index (Phi) is 2.49. The molecule has 0 radical (unpaired) electrons. The largest absolute Gasteiger partial charge is 0.437 e. The Bertz CT molecular complexity index is 556. The summed E-state index contributed by atoms with van der Waals surface area (Å²) in [6.07, 6.45) is -2.07. The van der Waals surface area contributed by atoms with Gasteiger partial charge in [0, 0.05) is 7.05 Å². The van der Waals surface area contributed by atoms with Crippen LogP contribution in [0.4, 0.5) is 13.2 Å². The van der Waals surface area contributed by atoms with Crippen molar-refractivity contribution in [2.75, 3.05) is 0 Å². The van der Waals surface area contributed by atoms with Crippen LogP contribution in [0.1, 0.15) is 16.2 Å². The van der Waals surface area contributed by atoms with E-state index in [1.807, 2.05) is 0 Å². The Balaban J connectivity index is 2.56. The highest BCUT2D eigenvalue weighted by Gasteiger charge is 2.39. The molecule has 0 amide bonds. The highest BCUT2D eigenvalue weighted by Crippen LogP contribution is 2.33. The van der Waals surface area contributed by atoms with Crippen LogP contribution in [0.2, 0.25) is 0 Å². The van der Waals surface area contributed by atoms with Crippen molar-refractivity contribution >= 4 is 6.29 Å². The van der Waals surface area contributed by atoms with Crippen molar-refractivity contribution in [3.63, 3.8) is 0 Å². The van der Waals surface area contributed by atoms with E-state index >= 15 is 0 Å². The van der Waals surface area contributed by atoms with Gasteiger partial charge in [-0.25, -0.2) is 9.97 Å². The molecule has 8 heteroatoms. The van der Waals surface area contributed by atoms with Crippen molar-refractivity contribution in [2.45, 2.75) is 6.18 Å². The predicted octanol–water partition coefficient (Wildman–Crippen LogP) is 1.91. The maximum Gasteiger partial charge on any atom is 0.437 e. The van der Waals surface area contributed by atoms with E-state index in [4.69, 9.17) is 4.42 Å². The number of alkyl halides is 3. The van der Waals surface area contributed by atoms with Crippen molar-refractivity contribution < 1.29 is 22.4 Å². The molecule has 2 rings (SSSR count). The Morgan fingerprint density at radius 1 is 1.47 bits per heavy atom. The van der Waals surface area contributed by atoms with Crippen LogP contribution in [0.25, 0.3) is 11.6 Å². The molecule has 2 aromatic rings. The molecule has 2 aromatic heterocycles. The quantitative estimate of drug-likeness (QED) is 0.758.